The van der Waals surface area contributed by atoms with E-state index in [9.17, 15) is 13.2 Å². The Bertz CT molecular complexity index is 370. The van der Waals surface area contributed by atoms with Gasteiger partial charge in [0.15, 0.2) is 0 Å². The molecule has 2 N–H and O–H groups in total. The van der Waals surface area contributed by atoms with E-state index in [4.69, 9.17) is 10.5 Å². The minimum atomic E-state index is -4.83. The highest BCUT2D eigenvalue weighted by molar-refractivity contribution is 9.10. The molecule has 0 unspecified atom stereocenters. The van der Waals surface area contributed by atoms with E-state index in [2.05, 4.69) is 25.7 Å². The number of nitrogen functional groups attached to an aromatic ring is 1. The number of pyridine rings is 1. The number of alkyl halides is 3. The van der Waals surface area contributed by atoms with Crippen molar-refractivity contribution in [2.75, 3.05) is 12.8 Å². The molecule has 1 aromatic heterocycles. The first-order valence-corrected chi connectivity index (χ1v) is 4.38. The third-order valence-electron chi connectivity index (χ3n) is 1.34. The lowest BCUT2D eigenvalue weighted by Gasteiger charge is -2.11. The van der Waals surface area contributed by atoms with Crippen LogP contribution in [0.25, 0.3) is 0 Å². The van der Waals surface area contributed by atoms with Crippen LogP contribution in [-0.4, -0.2) is 18.5 Å². The Hall–Kier alpha value is -1.18. The highest BCUT2D eigenvalue weighted by Crippen LogP contribution is 2.33. The van der Waals surface area contributed by atoms with Gasteiger partial charge in [0, 0.05) is 0 Å². The smallest absolute Gasteiger partial charge is 0.480 e. The van der Waals surface area contributed by atoms with Crippen LogP contribution in [0.4, 0.5) is 18.9 Å². The Kier molecular flexibility index (Phi) is 3.28. The fraction of sp³-hybridized carbons (Fsp3) is 0.286. The molecule has 0 aliphatic heterocycles. The minimum Gasteiger partial charge on any atom is -0.480 e. The van der Waals surface area contributed by atoms with Crippen LogP contribution in [0.15, 0.2) is 10.5 Å². The van der Waals surface area contributed by atoms with Crippen molar-refractivity contribution in [3.8, 4) is 11.8 Å². The Balaban J connectivity index is 3.08. The molecule has 0 fully saturated rings. The van der Waals surface area contributed by atoms with Gasteiger partial charge in [0.25, 0.3) is 0 Å². The normalized spacial score (nSPS) is 11.3. The molecule has 0 bridgehead atoms. The van der Waals surface area contributed by atoms with Gasteiger partial charge in [-0.05, 0) is 22.0 Å². The predicted molar refractivity (Wildman–Crippen MR) is 49.6 cm³/mol. The van der Waals surface area contributed by atoms with Crippen LogP contribution in [-0.2, 0) is 0 Å². The highest BCUT2D eigenvalue weighted by atomic mass is 79.9. The summed E-state index contributed by atoms with van der Waals surface area (Å²) in [6.45, 7) is 0. The minimum absolute atomic E-state index is 0.0385. The Morgan fingerprint density at radius 1 is 1.40 bits per heavy atom. The number of ether oxygens (including phenoxy) is 2. The zero-order valence-corrected chi connectivity index (χ0v) is 9.02. The van der Waals surface area contributed by atoms with Gasteiger partial charge in [-0.15, -0.1) is 13.2 Å². The molecule has 0 aliphatic rings. The first-order chi connectivity index (χ1) is 6.83. The molecule has 0 atom stereocenters. The molecule has 1 aromatic rings. The lowest BCUT2D eigenvalue weighted by Crippen LogP contribution is -2.19. The summed E-state index contributed by atoms with van der Waals surface area (Å²) in [5.41, 5.74) is 5.04. The van der Waals surface area contributed by atoms with Gasteiger partial charge in [0.2, 0.25) is 11.8 Å². The number of methoxy groups -OCH3 is 1. The Morgan fingerprint density at radius 2 is 2.00 bits per heavy atom. The molecule has 4 nitrogen and oxygen atoms in total. The van der Waals surface area contributed by atoms with E-state index >= 15 is 0 Å². The predicted octanol–water partition coefficient (Wildman–Crippen LogP) is 2.33. The van der Waals surface area contributed by atoms with Gasteiger partial charge in [-0.3, -0.25) is 0 Å². The standard InChI is InChI=1S/C7H6BrF3N2O2/c1-14-5-3(8)2-4(12)6(13-5)15-7(9,10)11/h2H,12H2,1H3. The topological polar surface area (TPSA) is 57.4 Å². The van der Waals surface area contributed by atoms with E-state index in [0.29, 0.717) is 4.47 Å². The summed E-state index contributed by atoms with van der Waals surface area (Å²) in [6, 6.07) is 1.22. The third kappa shape index (κ3) is 3.15. The van der Waals surface area contributed by atoms with E-state index < -0.39 is 12.2 Å². The number of halogens is 4. The van der Waals surface area contributed by atoms with Crippen molar-refractivity contribution in [2.24, 2.45) is 0 Å². The van der Waals surface area contributed by atoms with Gasteiger partial charge in [-0.2, -0.15) is 4.98 Å². The van der Waals surface area contributed by atoms with Crippen LogP contribution in [0.2, 0.25) is 0 Å². The molecule has 0 saturated carbocycles. The van der Waals surface area contributed by atoms with Crippen molar-refractivity contribution in [3.63, 3.8) is 0 Å². The maximum atomic E-state index is 11.9. The number of rotatable bonds is 2. The second-order valence-electron chi connectivity index (χ2n) is 2.42. The summed E-state index contributed by atoms with van der Waals surface area (Å²) < 4.78 is 44.3. The van der Waals surface area contributed by atoms with Crippen molar-refractivity contribution in [1.82, 2.24) is 4.98 Å². The summed E-state index contributed by atoms with van der Waals surface area (Å²) in [5, 5.41) is 0. The molecule has 84 valence electrons. The molecule has 8 heteroatoms. The van der Waals surface area contributed by atoms with Crippen LogP contribution >= 0.6 is 15.9 Å². The van der Waals surface area contributed by atoms with Crippen LogP contribution in [0.5, 0.6) is 11.8 Å². The number of nitrogens with zero attached hydrogens (tertiary/aromatic N) is 1. The highest BCUT2D eigenvalue weighted by Gasteiger charge is 2.33. The van der Waals surface area contributed by atoms with E-state index in [1.165, 1.54) is 13.2 Å². The number of anilines is 1. The molecule has 0 aliphatic carbocycles. The van der Waals surface area contributed by atoms with Gasteiger partial charge in [0.1, 0.15) is 0 Å². The number of nitrogens with two attached hydrogens (primary N) is 1. The Morgan fingerprint density at radius 3 is 2.47 bits per heavy atom. The fourth-order valence-corrected chi connectivity index (χ4v) is 1.30. The first kappa shape index (κ1) is 11.9. The van der Waals surface area contributed by atoms with Crippen molar-refractivity contribution < 1.29 is 22.6 Å². The molecule has 0 aromatic carbocycles. The molecular formula is C7H6BrF3N2O2. The van der Waals surface area contributed by atoms with Crippen LogP contribution in [0.3, 0.4) is 0 Å². The van der Waals surface area contributed by atoms with Gasteiger partial charge < -0.3 is 15.2 Å². The average molecular weight is 287 g/mol. The molecule has 15 heavy (non-hydrogen) atoms. The van der Waals surface area contributed by atoms with Crippen LogP contribution < -0.4 is 15.2 Å². The maximum Gasteiger partial charge on any atom is 0.574 e. The first-order valence-electron chi connectivity index (χ1n) is 3.59. The van der Waals surface area contributed by atoms with Gasteiger partial charge >= 0.3 is 6.36 Å². The summed E-state index contributed by atoms with van der Waals surface area (Å²) in [7, 11) is 1.26. The van der Waals surface area contributed by atoms with Crippen molar-refractivity contribution in [2.45, 2.75) is 6.36 Å². The SMILES string of the molecule is COc1nc(OC(F)(F)F)c(N)cc1Br. The summed E-state index contributed by atoms with van der Waals surface area (Å²) >= 11 is 3.02. The zero-order valence-electron chi connectivity index (χ0n) is 7.43. The van der Waals surface area contributed by atoms with E-state index in [1.54, 1.807) is 0 Å². The molecule has 1 heterocycles. The van der Waals surface area contributed by atoms with Crippen molar-refractivity contribution in [1.29, 1.82) is 0 Å². The molecule has 0 spiro atoms. The second kappa shape index (κ2) is 4.13. The monoisotopic (exact) mass is 286 g/mol. The average Bonchev–Trinajstić information content (AvgIpc) is 2.07. The fourth-order valence-electron chi connectivity index (χ4n) is 0.805. The Labute approximate surface area is 91.3 Å². The van der Waals surface area contributed by atoms with Crippen LogP contribution in [0.1, 0.15) is 0 Å². The lowest BCUT2D eigenvalue weighted by molar-refractivity contribution is -0.275. The van der Waals surface area contributed by atoms with Crippen molar-refractivity contribution in [3.05, 3.63) is 10.5 Å². The molecular weight excluding hydrogens is 281 g/mol. The zero-order chi connectivity index (χ0) is 11.6. The van der Waals surface area contributed by atoms with Crippen LogP contribution in [0, 0.1) is 0 Å². The van der Waals surface area contributed by atoms with E-state index in [-0.39, 0.29) is 11.6 Å². The molecule has 0 saturated heterocycles. The van der Waals surface area contributed by atoms with E-state index in [0.717, 1.165) is 0 Å². The molecule has 1 rings (SSSR count). The largest absolute Gasteiger partial charge is 0.574 e. The number of hydrogen-bond donors (Lipinski definition) is 1. The summed E-state index contributed by atoms with van der Waals surface area (Å²) in [5.74, 6) is -0.772. The van der Waals surface area contributed by atoms with Gasteiger partial charge in [-0.25, -0.2) is 0 Å². The maximum absolute atomic E-state index is 11.9. The molecule has 0 radical (unpaired) electrons. The van der Waals surface area contributed by atoms with E-state index in [1.807, 2.05) is 0 Å². The summed E-state index contributed by atoms with van der Waals surface area (Å²) in [4.78, 5) is 3.44. The lowest BCUT2D eigenvalue weighted by atomic mass is 10.4. The number of aromatic nitrogens is 1. The van der Waals surface area contributed by atoms with Crippen molar-refractivity contribution >= 4 is 21.6 Å². The number of hydrogen-bond acceptors (Lipinski definition) is 4. The summed E-state index contributed by atoms with van der Waals surface area (Å²) in [6.07, 6.45) is -4.83. The van der Waals surface area contributed by atoms with Gasteiger partial charge in [0.05, 0.1) is 17.3 Å². The van der Waals surface area contributed by atoms with Gasteiger partial charge in [-0.1, -0.05) is 0 Å². The molecule has 0 amide bonds. The third-order valence-corrected chi connectivity index (χ3v) is 1.91. The quantitative estimate of drug-likeness (QED) is 0.907. The second-order valence-corrected chi connectivity index (χ2v) is 3.28.